The Labute approximate surface area is 110 Å². The van der Waals surface area contributed by atoms with Crippen LogP contribution >= 0.6 is 11.8 Å². The normalized spacial score (nSPS) is 12.4. The van der Waals surface area contributed by atoms with E-state index in [0.29, 0.717) is 10.7 Å². The highest BCUT2D eigenvalue weighted by molar-refractivity contribution is 7.99. The maximum Gasteiger partial charge on any atom is 0.192 e. The molecule has 0 bridgehead atoms. The van der Waals surface area contributed by atoms with Crippen LogP contribution in [0.2, 0.25) is 0 Å². The van der Waals surface area contributed by atoms with Gasteiger partial charge in [-0.2, -0.15) is 0 Å². The number of nitrogens with zero attached hydrogens (tertiary/aromatic N) is 2. The molecule has 1 aromatic heterocycles. The molecule has 0 amide bonds. The molecular weight excluding hydrogens is 249 g/mol. The van der Waals surface area contributed by atoms with Gasteiger partial charge in [0.1, 0.15) is 5.82 Å². The van der Waals surface area contributed by atoms with Crippen LogP contribution in [0.15, 0.2) is 40.5 Å². The van der Waals surface area contributed by atoms with E-state index >= 15 is 0 Å². The van der Waals surface area contributed by atoms with Crippen LogP contribution in [0, 0.1) is 12.7 Å². The summed E-state index contributed by atoms with van der Waals surface area (Å²) in [5.41, 5.74) is 7.19. The monoisotopic (exact) mass is 263 g/mol. The summed E-state index contributed by atoms with van der Waals surface area (Å²) in [5.74, 6) is -0.289. The summed E-state index contributed by atoms with van der Waals surface area (Å²) in [6.07, 6.45) is 1.69. The Kier molecular flexibility index (Phi) is 3.93. The Morgan fingerprint density at radius 3 is 2.78 bits per heavy atom. The molecule has 1 atom stereocenters. The zero-order chi connectivity index (χ0) is 13.1. The fraction of sp³-hybridized carbons (Fsp3) is 0.231. The van der Waals surface area contributed by atoms with Gasteiger partial charge in [-0.05, 0) is 43.8 Å². The minimum atomic E-state index is -0.362. The third kappa shape index (κ3) is 2.86. The number of rotatable bonds is 3. The van der Waals surface area contributed by atoms with Crippen LogP contribution in [0.1, 0.15) is 24.2 Å². The second-order valence-corrected chi connectivity index (χ2v) is 5.03. The minimum Gasteiger partial charge on any atom is -0.324 e. The first-order valence-electron chi connectivity index (χ1n) is 5.59. The highest BCUT2D eigenvalue weighted by Gasteiger charge is 2.14. The predicted octanol–water partition coefficient (Wildman–Crippen LogP) is 3.10. The van der Waals surface area contributed by atoms with Crippen LogP contribution in [0.4, 0.5) is 4.39 Å². The number of benzene rings is 1. The van der Waals surface area contributed by atoms with Crippen LogP contribution in [0.3, 0.4) is 0 Å². The third-order valence-corrected chi connectivity index (χ3v) is 3.40. The molecule has 18 heavy (non-hydrogen) atoms. The molecule has 0 aliphatic rings. The first-order valence-corrected chi connectivity index (χ1v) is 6.41. The van der Waals surface area contributed by atoms with E-state index in [-0.39, 0.29) is 11.9 Å². The zero-order valence-electron chi connectivity index (χ0n) is 10.2. The summed E-state index contributed by atoms with van der Waals surface area (Å²) < 4.78 is 13.7. The lowest BCUT2D eigenvalue weighted by molar-refractivity contribution is 0.585. The van der Waals surface area contributed by atoms with E-state index in [1.165, 1.54) is 17.8 Å². The van der Waals surface area contributed by atoms with Crippen molar-refractivity contribution in [3.05, 3.63) is 47.5 Å². The Balaban J connectivity index is 2.37. The van der Waals surface area contributed by atoms with Crippen LogP contribution < -0.4 is 5.73 Å². The summed E-state index contributed by atoms with van der Waals surface area (Å²) in [6.45, 7) is 3.66. The lowest BCUT2D eigenvalue weighted by Gasteiger charge is -2.12. The Hall–Kier alpha value is -1.46. The van der Waals surface area contributed by atoms with Gasteiger partial charge in [0.05, 0.1) is 0 Å². The first kappa shape index (κ1) is 13.0. The highest BCUT2D eigenvalue weighted by Crippen LogP contribution is 2.32. The largest absolute Gasteiger partial charge is 0.324 e. The first-order chi connectivity index (χ1) is 8.58. The van der Waals surface area contributed by atoms with E-state index < -0.39 is 0 Å². The molecule has 2 rings (SSSR count). The summed E-state index contributed by atoms with van der Waals surface area (Å²) in [6, 6.07) is 6.37. The van der Waals surface area contributed by atoms with Crippen molar-refractivity contribution in [2.24, 2.45) is 5.73 Å². The maximum absolute atomic E-state index is 13.7. The zero-order valence-corrected chi connectivity index (χ0v) is 11.0. The third-order valence-electron chi connectivity index (χ3n) is 2.44. The van der Waals surface area contributed by atoms with Gasteiger partial charge in [0.2, 0.25) is 0 Å². The van der Waals surface area contributed by atoms with Crippen molar-refractivity contribution >= 4 is 11.8 Å². The molecule has 0 aliphatic carbocycles. The van der Waals surface area contributed by atoms with E-state index in [1.807, 2.05) is 19.1 Å². The van der Waals surface area contributed by atoms with Crippen molar-refractivity contribution in [2.45, 2.75) is 29.9 Å². The molecule has 5 heteroatoms. The van der Waals surface area contributed by atoms with Crippen molar-refractivity contribution in [1.82, 2.24) is 9.97 Å². The van der Waals surface area contributed by atoms with Crippen LogP contribution in [-0.4, -0.2) is 9.97 Å². The van der Waals surface area contributed by atoms with Gasteiger partial charge in [0, 0.05) is 28.4 Å². The molecule has 0 radical (unpaired) electrons. The van der Waals surface area contributed by atoms with Crippen molar-refractivity contribution in [3.8, 4) is 0 Å². The molecule has 0 saturated heterocycles. The van der Waals surface area contributed by atoms with E-state index in [1.54, 1.807) is 19.2 Å². The van der Waals surface area contributed by atoms with E-state index in [4.69, 9.17) is 5.73 Å². The van der Waals surface area contributed by atoms with Gasteiger partial charge in [-0.3, -0.25) is 0 Å². The van der Waals surface area contributed by atoms with Gasteiger partial charge >= 0.3 is 0 Å². The maximum atomic E-state index is 13.7. The molecule has 0 saturated carbocycles. The average molecular weight is 263 g/mol. The summed E-state index contributed by atoms with van der Waals surface area (Å²) in [5, 5.41) is 0.600. The Morgan fingerprint density at radius 1 is 1.33 bits per heavy atom. The highest BCUT2D eigenvalue weighted by atomic mass is 32.2. The fourth-order valence-corrected chi connectivity index (χ4v) is 2.66. The van der Waals surface area contributed by atoms with Crippen LogP contribution in [-0.2, 0) is 0 Å². The number of halogens is 1. The molecular formula is C13H14FN3S. The van der Waals surface area contributed by atoms with Crippen molar-refractivity contribution < 1.29 is 4.39 Å². The SMILES string of the molecule is Cc1ccnc(Sc2cccc(F)c2[C@H](C)N)n1. The number of hydrogen-bond acceptors (Lipinski definition) is 4. The molecule has 94 valence electrons. The fourth-order valence-electron chi connectivity index (χ4n) is 1.62. The van der Waals surface area contributed by atoms with Crippen molar-refractivity contribution in [3.63, 3.8) is 0 Å². The molecule has 3 nitrogen and oxygen atoms in total. The molecule has 0 unspecified atom stereocenters. The smallest absolute Gasteiger partial charge is 0.192 e. The van der Waals surface area contributed by atoms with Gasteiger partial charge < -0.3 is 5.73 Å². The molecule has 2 N–H and O–H groups in total. The quantitative estimate of drug-likeness (QED) is 0.865. The molecule has 2 aromatic rings. The Morgan fingerprint density at radius 2 is 2.11 bits per heavy atom. The molecule has 0 fully saturated rings. The van der Waals surface area contributed by atoms with Crippen LogP contribution in [0.5, 0.6) is 0 Å². The number of aromatic nitrogens is 2. The van der Waals surface area contributed by atoms with Gasteiger partial charge in [0.15, 0.2) is 5.16 Å². The standard InChI is InChI=1S/C13H14FN3S/c1-8-6-7-16-13(17-8)18-11-5-3-4-10(14)12(11)9(2)15/h3-7,9H,15H2,1-2H3/t9-/m0/s1. The second-order valence-electron chi connectivity index (χ2n) is 4.02. The second kappa shape index (κ2) is 5.46. The number of nitrogens with two attached hydrogens (primary N) is 1. The lowest BCUT2D eigenvalue weighted by Crippen LogP contribution is -2.09. The van der Waals surface area contributed by atoms with Crippen molar-refractivity contribution in [2.75, 3.05) is 0 Å². The van der Waals surface area contributed by atoms with Gasteiger partial charge in [0.25, 0.3) is 0 Å². The number of aryl methyl sites for hydroxylation is 1. The molecule has 1 heterocycles. The minimum absolute atomic E-state index is 0.289. The molecule has 0 spiro atoms. The summed E-state index contributed by atoms with van der Waals surface area (Å²) in [7, 11) is 0. The van der Waals surface area contributed by atoms with E-state index in [9.17, 15) is 4.39 Å². The molecule has 1 aromatic carbocycles. The van der Waals surface area contributed by atoms with E-state index in [2.05, 4.69) is 9.97 Å². The number of hydrogen-bond donors (Lipinski definition) is 1. The van der Waals surface area contributed by atoms with E-state index in [0.717, 1.165) is 10.6 Å². The summed E-state index contributed by atoms with van der Waals surface area (Å²) >= 11 is 1.33. The Bertz CT molecular complexity index is 558. The average Bonchev–Trinajstić information content (AvgIpc) is 2.28. The van der Waals surface area contributed by atoms with Gasteiger partial charge in [-0.25, -0.2) is 14.4 Å². The van der Waals surface area contributed by atoms with Gasteiger partial charge in [-0.15, -0.1) is 0 Å². The van der Waals surface area contributed by atoms with Crippen LogP contribution in [0.25, 0.3) is 0 Å². The lowest BCUT2D eigenvalue weighted by atomic mass is 10.1. The van der Waals surface area contributed by atoms with Crippen molar-refractivity contribution in [1.29, 1.82) is 0 Å². The molecule has 0 aliphatic heterocycles. The summed E-state index contributed by atoms with van der Waals surface area (Å²) in [4.78, 5) is 9.20. The predicted molar refractivity (Wildman–Crippen MR) is 69.9 cm³/mol. The topological polar surface area (TPSA) is 51.8 Å². The van der Waals surface area contributed by atoms with Gasteiger partial charge in [-0.1, -0.05) is 6.07 Å².